The third-order valence-corrected chi connectivity index (χ3v) is 4.89. The Balaban J connectivity index is 2.31. The third kappa shape index (κ3) is 1.29. The summed E-state index contributed by atoms with van der Waals surface area (Å²) in [7, 11) is 0. The number of nitrogens with two attached hydrogens (primary N) is 1. The first kappa shape index (κ1) is 11.8. The number of hydrogen-bond acceptors (Lipinski definition) is 1. The molecule has 2 N–H and O–H groups in total. The summed E-state index contributed by atoms with van der Waals surface area (Å²) in [5, 5.41) is 10.4. The molecule has 5 aromatic carbocycles. The van der Waals surface area contributed by atoms with Crippen molar-refractivity contribution in [1.82, 2.24) is 0 Å². The lowest BCUT2D eigenvalue weighted by Crippen LogP contribution is -1.92. The molecule has 0 bridgehead atoms. The quantitative estimate of drug-likeness (QED) is 0.222. The molecule has 5 rings (SSSR count). The second-order valence-electron chi connectivity index (χ2n) is 6.09. The topological polar surface area (TPSA) is 26.0 Å². The molecule has 104 valence electrons. The highest BCUT2D eigenvalue weighted by Crippen LogP contribution is 2.42. The highest BCUT2D eigenvalue weighted by Gasteiger charge is 2.14. The van der Waals surface area contributed by atoms with Gasteiger partial charge in [-0.3, -0.25) is 0 Å². The Hall–Kier alpha value is -2.80. The lowest BCUT2D eigenvalue weighted by Gasteiger charge is -2.16. The summed E-state index contributed by atoms with van der Waals surface area (Å²) in [5.74, 6) is 0. The maximum atomic E-state index is 6.23. The Bertz CT molecular complexity index is 1180. The largest absolute Gasteiger partial charge is 0.398 e. The first-order valence-corrected chi connectivity index (χ1v) is 7.60. The van der Waals surface area contributed by atoms with Gasteiger partial charge in [-0.25, -0.2) is 0 Å². The Morgan fingerprint density at radius 2 is 1.32 bits per heavy atom. The Morgan fingerprint density at radius 3 is 2.23 bits per heavy atom. The van der Waals surface area contributed by atoms with Crippen LogP contribution in [0.15, 0.2) is 60.7 Å². The van der Waals surface area contributed by atoms with Crippen LogP contribution in [0.5, 0.6) is 0 Å². The molecule has 22 heavy (non-hydrogen) atoms. The highest BCUT2D eigenvalue weighted by atomic mass is 14.5. The van der Waals surface area contributed by atoms with E-state index in [0.717, 1.165) is 11.1 Å². The SMILES string of the molecule is Cc1ccc2cccc3c4ccc(N)c5cccc(c1c23)c54. The average molecular weight is 281 g/mol. The summed E-state index contributed by atoms with van der Waals surface area (Å²) in [5.41, 5.74) is 8.40. The van der Waals surface area contributed by atoms with Gasteiger partial charge in [0.1, 0.15) is 0 Å². The molecule has 0 saturated carbocycles. The second kappa shape index (κ2) is 3.89. The summed E-state index contributed by atoms with van der Waals surface area (Å²) >= 11 is 0. The van der Waals surface area contributed by atoms with E-state index in [-0.39, 0.29) is 0 Å². The lowest BCUT2D eigenvalue weighted by molar-refractivity contribution is 1.56. The standard InChI is InChI=1S/C21H15N/c1-12-8-9-13-4-2-5-14-15-10-11-18(22)16-6-3-7-17(21(15)16)19(12)20(13)14/h2-11H,22H2,1H3. The molecule has 1 nitrogen and oxygen atoms in total. The zero-order chi connectivity index (χ0) is 14.8. The first-order chi connectivity index (χ1) is 10.8. The van der Waals surface area contributed by atoms with Crippen LogP contribution in [0.1, 0.15) is 5.56 Å². The van der Waals surface area contributed by atoms with Gasteiger partial charge < -0.3 is 5.73 Å². The van der Waals surface area contributed by atoms with Gasteiger partial charge in [0.25, 0.3) is 0 Å². The monoisotopic (exact) mass is 281 g/mol. The number of fused-ring (bicyclic) bond motifs is 2. The smallest absolute Gasteiger partial charge is 0.0394 e. The van der Waals surface area contributed by atoms with Gasteiger partial charge in [0.05, 0.1) is 0 Å². The van der Waals surface area contributed by atoms with Gasteiger partial charge in [-0.2, -0.15) is 0 Å². The summed E-state index contributed by atoms with van der Waals surface area (Å²) in [6.45, 7) is 2.20. The Morgan fingerprint density at radius 1 is 0.591 bits per heavy atom. The van der Waals surface area contributed by atoms with Crippen LogP contribution >= 0.6 is 0 Å². The Kier molecular flexibility index (Phi) is 2.09. The molecule has 0 radical (unpaired) electrons. The van der Waals surface area contributed by atoms with Gasteiger partial charge in [-0.1, -0.05) is 54.6 Å². The normalized spacial score (nSPS) is 12.0. The predicted octanol–water partition coefficient (Wildman–Crippen LogP) is 5.63. The van der Waals surface area contributed by atoms with E-state index >= 15 is 0 Å². The van der Waals surface area contributed by atoms with E-state index in [9.17, 15) is 0 Å². The number of anilines is 1. The van der Waals surface area contributed by atoms with Crippen molar-refractivity contribution in [3.05, 3.63) is 66.2 Å². The summed E-state index contributed by atoms with van der Waals surface area (Å²) in [6.07, 6.45) is 0. The Labute approximate surface area is 128 Å². The number of aryl methyl sites for hydroxylation is 1. The van der Waals surface area contributed by atoms with E-state index < -0.39 is 0 Å². The van der Waals surface area contributed by atoms with Crippen molar-refractivity contribution in [2.75, 3.05) is 5.73 Å². The molecule has 0 amide bonds. The fourth-order valence-corrected chi connectivity index (χ4v) is 3.92. The molecular formula is C21H15N. The van der Waals surface area contributed by atoms with E-state index in [1.165, 1.54) is 43.3 Å². The van der Waals surface area contributed by atoms with Crippen molar-refractivity contribution >= 4 is 48.8 Å². The van der Waals surface area contributed by atoms with Crippen molar-refractivity contribution in [2.24, 2.45) is 0 Å². The summed E-state index contributed by atoms with van der Waals surface area (Å²) < 4.78 is 0. The van der Waals surface area contributed by atoms with E-state index in [2.05, 4.69) is 61.5 Å². The van der Waals surface area contributed by atoms with Crippen molar-refractivity contribution in [1.29, 1.82) is 0 Å². The molecule has 0 aromatic heterocycles. The highest BCUT2D eigenvalue weighted by molar-refractivity contribution is 6.34. The van der Waals surface area contributed by atoms with E-state index in [1.807, 2.05) is 6.07 Å². The van der Waals surface area contributed by atoms with Gasteiger partial charge in [-0.05, 0) is 56.3 Å². The lowest BCUT2D eigenvalue weighted by atomic mass is 9.88. The fraction of sp³-hybridized carbons (Fsp3) is 0.0476. The van der Waals surface area contributed by atoms with Crippen LogP contribution in [0.2, 0.25) is 0 Å². The molecular weight excluding hydrogens is 266 g/mol. The summed E-state index contributed by atoms with van der Waals surface area (Å²) in [4.78, 5) is 0. The minimum Gasteiger partial charge on any atom is -0.398 e. The van der Waals surface area contributed by atoms with Gasteiger partial charge in [0, 0.05) is 11.1 Å². The second-order valence-corrected chi connectivity index (χ2v) is 6.09. The van der Waals surface area contributed by atoms with Crippen molar-refractivity contribution in [2.45, 2.75) is 6.92 Å². The van der Waals surface area contributed by atoms with Crippen LogP contribution in [0, 0.1) is 6.92 Å². The third-order valence-electron chi connectivity index (χ3n) is 4.89. The molecule has 5 aromatic rings. The summed E-state index contributed by atoms with van der Waals surface area (Å²) in [6, 6.07) is 21.7. The van der Waals surface area contributed by atoms with Crippen LogP contribution in [-0.2, 0) is 0 Å². The molecule has 0 saturated heterocycles. The van der Waals surface area contributed by atoms with Crippen LogP contribution in [0.4, 0.5) is 5.69 Å². The molecule has 0 fully saturated rings. The number of hydrogen-bond donors (Lipinski definition) is 1. The minimum atomic E-state index is 0.852. The molecule has 1 heteroatoms. The molecule has 0 aliphatic heterocycles. The van der Waals surface area contributed by atoms with Crippen LogP contribution in [0.25, 0.3) is 43.1 Å². The van der Waals surface area contributed by atoms with E-state index in [0.29, 0.717) is 0 Å². The van der Waals surface area contributed by atoms with Crippen molar-refractivity contribution in [3.63, 3.8) is 0 Å². The van der Waals surface area contributed by atoms with Crippen LogP contribution in [0.3, 0.4) is 0 Å². The molecule has 0 aliphatic rings. The van der Waals surface area contributed by atoms with Crippen LogP contribution in [-0.4, -0.2) is 0 Å². The number of rotatable bonds is 0. The maximum absolute atomic E-state index is 6.23. The maximum Gasteiger partial charge on any atom is 0.0394 e. The van der Waals surface area contributed by atoms with E-state index in [1.54, 1.807) is 0 Å². The predicted molar refractivity (Wildman–Crippen MR) is 96.8 cm³/mol. The average Bonchev–Trinajstić information content (AvgIpc) is 2.55. The van der Waals surface area contributed by atoms with Gasteiger partial charge in [0.2, 0.25) is 0 Å². The number of benzene rings is 5. The molecule has 0 aliphatic carbocycles. The number of nitrogen functional groups attached to an aromatic ring is 1. The van der Waals surface area contributed by atoms with Gasteiger partial charge >= 0.3 is 0 Å². The fourth-order valence-electron chi connectivity index (χ4n) is 3.92. The first-order valence-electron chi connectivity index (χ1n) is 7.60. The zero-order valence-corrected chi connectivity index (χ0v) is 12.4. The minimum absolute atomic E-state index is 0.852. The molecule has 0 heterocycles. The molecule has 0 unspecified atom stereocenters. The van der Waals surface area contributed by atoms with Gasteiger partial charge in [-0.15, -0.1) is 0 Å². The van der Waals surface area contributed by atoms with E-state index in [4.69, 9.17) is 5.73 Å². The zero-order valence-electron chi connectivity index (χ0n) is 12.4. The van der Waals surface area contributed by atoms with Crippen molar-refractivity contribution in [3.8, 4) is 0 Å². The van der Waals surface area contributed by atoms with Gasteiger partial charge in [0.15, 0.2) is 0 Å². The van der Waals surface area contributed by atoms with Crippen LogP contribution < -0.4 is 5.73 Å². The van der Waals surface area contributed by atoms with Crippen molar-refractivity contribution < 1.29 is 0 Å². The molecule has 0 atom stereocenters. The molecule has 0 spiro atoms.